The van der Waals surface area contributed by atoms with Crippen molar-refractivity contribution in [3.63, 3.8) is 0 Å². The second-order valence-electron chi connectivity index (χ2n) is 5.71. The summed E-state index contributed by atoms with van der Waals surface area (Å²) in [6.45, 7) is 1.64. The summed E-state index contributed by atoms with van der Waals surface area (Å²) in [5.74, 6) is 0. The molecule has 2 aromatic rings. The number of rotatable bonds is 3. The van der Waals surface area contributed by atoms with Crippen LogP contribution in [0.4, 0.5) is 0 Å². The second kappa shape index (κ2) is 4.90. The van der Waals surface area contributed by atoms with E-state index >= 15 is 0 Å². The minimum absolute atomic E-state index is 0.549. The highest BCUT2D eigenvalue weighted by atomic mass is 32.2. The van der Waals surface area contributed by atoms with Gasteiger partial charge in [0.2, 0.25) is 10.0 Å². The van der Waals surface area contributed by atoms with Gasteiger partial charge in [0.05, 0.1) is 5.25 Å². The Morgan fingerprint density at radius 3 is 2.60 bits per heavy atom. The summed E-state index contributed by atoms with van der Waals surface area (Å²) in [4.78, 5) is 0. The molecular formula is C15H20N2O2S. The molecule has 0 saturated heterocycles. The van der Waals surface area contributed by atoms with Crippen LogP contribution in [0.5, 0.6) is 0 Å². The summed E-state index contributed by atoms with van der Waals surface area (Å²) >= 11 is 0. The summed E-state index contributed by atoms with van der Waals surface area (Å²) in [5.41, 5.74) is 1.88. The lowest BCUT2D eigenvalue weighted by atomic mass is 10.1. The minimum atomic E-state index is -3.55. The van der Waals surface area contributed by atoms with E-state index in [4.69, 9.17) is 5.14 Å². The van der Waals surface area contributed by atoms with Crippen LogP contribution >= 0.6 is 0 Å². The molecule has 0 radical (unpaired) electrons. The average Bonchev–Trinajstić information content (AvgIpc) is 3.04. The molecule has 1 unspecified atom stereocenters. The molecule has 1 aromatic heterocycles. The first-order valence-electron chi connectivity index (χ1n) is 7.09. The monoisotopic (exact) mass is 292 g/mol. The van der Waals surface area contributed by atoms with E-state index in [0.29, 0.717) is 6.04 Å². The zero-order valence-electron chi connectivity index (χ0n) is 11.6. The van der Waals surface area contributed by atoms with Gasteiger partial charge in [-0.25, -0.2) is 13.6 Å². The zero-order chi connectivity index (χ0) is 14.3. The molecule has 5 heteroatoms. The third-order valence-corrected chi connectivity index (χ3v) is 5.69. The molecule has 1 aliphatic rings. The second-order valence-corrected chi connectivity index (χ2v) is 7.60. The van der Waals surface area contributed by atoms with Gasteiger partial charge in [0.25, 0.3) is 0 Å². The van der Waals surface area contributed by atoms with Crippen LogP contribution in [-0.2, 0) is 10.0 Å². The summed E-state index contributed by atoms with van der Waals surface area (Å²) in [5, 5.41) is 5.74. The molecule has 4 nitrogen and oxygen atoms in total. The van der Waals surface area contributed by atoms with E-state index in [0.717, 1.165) is 16.5 Å². The maximum absolute atomic E-state index is 11.5. The van der Waals surface area contributed by atoms with Crippen molar-refractivity contribution in [3.8, 4) is 0 Å². The number of aromatic nitrogens is 1. The van der Waals surface area contributed by atoms with Crippen LogP contribution in [0.1, 0.15) is 49.5 Å². The maximum atomic E-state index is 11.5. The number of nitrogens with two attached hydrogens (primary N) is 1. The Bertz CT molecular complexity index is 727. The molecule has 1 saturated carbocycles. The number of sulfonamides is 1. The summed E-state index contributed by atoms with van der Waals surface area (Å²) in [6.07, 6.45) is 7.08. The van der Waals surface area contributed by atoms with Crippen molar-refractivity contribution in [1.29, 1.82) is 0 Å². The first-order valence-corrected chi connectivity index (χ1v) is 8.70. The highest BCUT2D eigenvalue weighted by Gasteiger charge is 2.21. The lowest BCUT2D eigenvalue weighted by Gasteiger charge is -2.15. The number of fused-ring (bicyclic) bond motifs is 1. The van der Waals surface area contributed by atoms with Crippen LogP contribution in [0.25, 0.3) is 10.9 Å². The maximum Gasteiger partial charge on any atom is 0.215 e. The molecule has 1 heterocycles. The largest absolute Gasteiger partial charge is 0.344 e. The van der Waals surface area contributed by atoms with Gasteiger partial charge < -0.3 is 4.57 Å². The summed E-state index contributed by atoms with van der Waals surface area (Å²) in [7, 11) is -3.55. The first kappa shape index (κ1) is 13.6. The summed E-state index contributed by atoms with van der Waals surface area (Å²) < 4.78 is 25.3. The van der Waals surface area contributed by atoms with E-state index in [1.165, 1.54) is 25.7 Å². The molecule has 1 aromatic carbocycles. The van der Waals surface area contributed by atoms with Gasteiger partial charge >= 0.3 is 0 Å². The SMILES string of the molecule is CC(c1ccc2ccn(C3CCCC3)c2c1)S(N)(=O)=O. The standard InChI is InChI=1S/C15H20N2O2S/c1-11(20(16,18)19)13-7-6-12-8-9-17(15(12)10-13)14-4-2-3-5-14/h6-11,14H,2-5H2,1H3,(H2,16,18,19). The Balaban J connectivity index is 2.07. The number of hydrogen-bond donors (Lipinski definition) is 1. The molecule has 20 heavy (non-hydrogen) atoms. The van der Waals surface area contributed by atoms with Gasteiger partial charge in [-0.3, -0.25) is 0 Å². The Morgan fingerprint density at radius 2 is 1.95 bits per heavy atom. The van der Waals surface area contributed by atoms with Crippen LogP contribution in [0, 0.1) is 0 Å². The lowest BCUT2D eigenvalue weighted by molar-refractivity contribution is 0.535. The predicted octanol–water partition coefficient (Wildman–Crippen LogP) is 3.11. The molecule has 108 valence electrons. The van der Waals surface area contributed by atoms with Crippen molar-refractivity contribution in [2.75, 3.05) is 0 Å². The number of nitrogens with zero attached hydrogens (tertiary/aromatic N) is 1. The summed E-state index contributed by atoms with van der Waals surface area (Å²) in [6, 6.07) is 8.46. The van der Waals surface area contributed by atoms with Crippen molar-refractivity contribution in [1.82, 2.24) is 4.57 Å². The quantitative estimate of drug-likeness (QED) is 0.944. The van der Waals surface area contributed by atoms with Crippen LogP contribution in [-0.4, -0.2) is 13.0 Å². The van der Waals surface area contributed by atoms with Gasteiger partial charge in [-0.1, -0.05) is 25.0 Å². The number of benzene rings is 1. The van der Waals surface area contributed by atoms with E-state index in [1.807, 2.05) is 18.2 Å². The Hall–Kier alpha value is -1.33. The third kappa shape index (κ3) is 2.36. The van der Waals surface area contributed by atoms with Crippen molar-refractivity contribution < 1.29 is 8.42 Å². The first-order chi connectivity index (χ1) is 9.47. The fourth-order valence-electron chi connectivity index (χ4n) is 3.11. The van der Waals surface area contributed by atoms with E-state index in [9.17, 15) is 8.42 Å². The average molecular weight is 292 g/mol. The Morgan fingerprint density at radius 1 is 1.25 bits per heavy atom. The molecule has 1 aliphatic carbocycles. The van der Waals surface area contributed by atoms with Gasteiger partial charge in [0.1, 0.15) is 0 Å². The molecule has 0 aliphatic heterocycles. The van der Waals surface area contributed by atoms with Crippen LogP contribution in [0.15, 0.2) is 30.5 Å². The smallest absolute Gasteiger partial charge is 0.215 e. The van der Waals surface area contributed by atoms with Crippen LogP contribution < -0.4 is 5.14 Å². The molecule has 2 N–H and O–H groups in total. The van der Waals surface area contributed by atoms with E-state index in [2.05, 4.69) is 16.8 Å². The van der Waals surface area contributed by atoms with Crippen molar-refractivity contribution in [2.45, 2.75) is 43.9 Å². The van der Waals surface area contributed by atoms with E-state index < -0.39 is 15.3 Å². The van der Waals surface area contributed by atoms with Gasteiger partial charge in [-0.2, -0.15) is 0 Å². The van der Waals surface area contributed by atoms with Crippen molar-refractivity contribution in [2.24, 2.45) is 5.14 Å². The molecule has 0 bridgehead atoms. The van der Waals surface area contributed by atoms with E-state index in [-0.39, 0.29) is 0 Å². The predicted molar refractivity (Wildman–Crippen MR) is 81.0 cm³/mol. The van der Waals surface area contributed by atoms with Crippen LogP contribution in [0.3, 0.4) is 0 Å². The molecule has 0 spiro atoms. The fourth-order valence-corrected chi connectivity index (χ4v) is 3.64. The molecule has 1 fully saturated rings. The fraction of sp³-hybridized carbons (Fsp3) is 0.467. The highest BCUT2D eigenvalue weighted by molar-refractivity contribution is 7.89. The molecular weight excluding hydrogens is 272 g/mol. The van der Waals surface area contributed by atoms with Gasteiger partial charge in [-0.05, 0) is 42.8 Å². The van der Waals surface area contributed by atoms with Gasteiger partial charge in [0, 0.05) is 17.8 Å². The minimum Gasteiger partial charge on any atom is -0.344 e. The Labute approximate surface area is 119 Å². The zero-order valence-corrected chi connectivity index (χ0v) is 12.4. The van der Waals surface area contributed by atoms with E-state index in [1.54, 1.807) is 6.92 Å². The number of primary sulfonamides is 1. The Kier molecular flexibility index (Phi) is 3.34. The molecule has 3 rings (SSSR count). The number of hydrogen-bond acceptors (Lipinski definition) is 2. The molecule has 1 atom stereocenters. The van der Waals surface area contributed by atoms with Gasteiger partial charge in [0.15, 0.2) is 0 Å². The van der Waals surface area contributed by atoms with Crippen molar-refractivity contribution >= 4 is 20.9 Å². The molecule has 0 amide bonds. The highest BCUT2D eigenvalue weighted by Crippen LogP contribution is 2.34. The van der Waals surface area contributed by atoms with Crippen molar-refractivity contribution in [3.05, 3.63) is 36.0 Å². The normalized spacial score (nSPS) is 18.7. The lowest BCUT2D eigenvalue weighted by Crippen LogP contribution is -2.19. The van der Waals surface area contributed by atoms with Gasteiger partial charge in [-0.15, -0.1) is 0 Å². The van der Waals surface area contributed by atoms with Crippen LogP contribution in [0.2, 0.25) is 0 Å². The third-order valence-electron chi connectivity index (χ3n) is 4.43. The topological polar surface area (TPSA) is 65.1 Å².